The van der Waals surface area contributed by atoms with Gasteiger partial charge in [0.2, 0.25) is 10.0 Å². The highest BCUT2D eigenvalue weighted by Crippen LogP contribution is 2.22. The first-order valence-electron chi connectivity index (χ1n) is 4.90. The Balaban J connectivity index is 3.14. The monoisotopic (exact) mass is 293 g/mol. The number of hydrogen-bond donors (Lipinski definition) is 3. The maximum Gasteiger partial charge on any atom is 0.324 e. The van der Waals surface area contributed by atoms with Crippen LogP contribution >= 0.6 is 11.6 Å². The maximum atomic E-state index is 11.9. The molecule has 1 rings (SSSR count). The van der Waals surface area contributed by atoms with Gasteiger partial charge in [-0.05, 0) is 24.6 Å². The van der Waals surface area contributed by atoms with Crippen molar-refractivity contribution >= 4 is 27.6 Å². The molecule has 6 nitrogen and oxygen atoms in total. The van der Waals surface area contributed by atoms with E-state index in [0.717, 1.165) is 0 Å². The quantitative estimate of drug-likeness (QED) is 0.728. The molecule has 0 fully saturated rings. The fourth-order valence-corrected chi connectivity index (χ4v) is 3.00. The predicted molar refractivity (Wildman–Crippen MR) is 65.0 cm³/mol. The van der Waals surface area contributed by atoms with Crippen LogP contribution in [0.4, 0.5) is 0 Å². The van der Waals surface area contributed by atoms with Crippen LogP contribution < -0.4 is 4.72 Å². The van der Waals surface area contributed by atoms with E-state index >= 15 is 0 Å². The van der Waals surface area contributed by atoms with Crippen LogP contribution in [0.1, 0.15) is 5.56 Å². The van der Waals surface area contributed by atoms with E-state index < -0.39 is 28.6 Å². The molecular weight excluding hydrogens is 282 g/mol. The third-order valence-corrected chi connectivity index (χ3v) is 4.11. The van der Waals surface area contributed by atoms with Crippen molar-refractivity contribution < 1.29 is 23.4 Å². The molecule has 0 saturated heterocycles. The number of rotatable bonds is 5. The second kappa shape index (κ2) is 5.66. The van der Waals surface area contributed by atoms with Gasteiger partial charge in [0, 0.05) is 0 Å². The summed E-state index contributed by atoms with van der Waals surface area (Å²) in [6, 6.07) is 2.75. The summed E-state index contributed by atoms with van der Waals surface area (Å²) in [5.41, 5.74) is 0.663. The average molecular weight is 294 g/mol. The Hall–Kier alpha value is -1.15. The van der Waals surface area contributed by atoms with Crippen LogP contribution in [0.2, 0.25) is 5.02 Å². The van der Waals surface area contributed by atoms with Crippen molar-refractivity contribution in [1.82, 2.24) is 4.72 Å². The molecule has 0 aliphatic heterocycles. The molecule has 0 heterocycles. The van der Waals surface area contributed by atoms with Crippen LogP contribution in [-0.4, -0.2) is 37.2 Å². The molecule has 1 aromatic rings. The summed E-state index contributed by atoms with van der Waals surface area (Å²) in [4.78, 5) is 10.5. The number of sulfonamides is 1. The molecule has 1 aromatic carbocycles. The van der Waals surface area contributed by atoms with Crippen LogP contribution in [0.3, 0.4) is 0 Å². The van der Waals surface area contributed by atoms with Gasteiger partial charge in [0.05, 0.1) is 11.6 Å². The Labute approximate surface area is 109 Å². The molecule has 0 aliphatic carbocycles. The number of halogens is 1. The zero-order valence-corrected chi connectivity index (χ0v) is 11.0. The van der Waals surface area contributed by atoms with E-state index in [4.69, 9.17) is 21.8 Å². The second-order valence-corrected chi connectivity index (χ2v) is 5.72. The van der Waals surface area contributed by atoms with Gasteiger partial charge >= 0.3 is 5.97 Å². The number of aliphatic hydroxyl groups excluding tert-OH is 1. The summed E-state index contributed by atoms with van der Waals surface area (Å²) in [7, 11) is -4.09. The average Bonchev–Trinajstić information content (AvgIpc) is 2.28. The normalized spacial score (nSPS) is 13.3. The first-order chi connectivity index (χ1) is 8.27. The Morgan fingerprint density at radius 3 is 2.61 bits per heavy atom. The van der Waals surface area contributed by atoms with E-state index in [9.17, 15) is 13.2 Å². The molecule has 0 radical (unpaired) electrons. The first-order valence-corrected chi connectivity index (χ1v) is 6.76. The molecule has 0 aliphatic rings. The fourth-order valence-electron chi connectivity index (χ4n) is 1.23. The topological polar surface area (TPSA) is 104 Å². The van der Waals surface area contributed by atoms with Gasteiger partial charge in [-0.3, -0.25) is 4.79 Å². The van der Waals surface area contributed by atoms with E-state index in [-0.39, 0.29) is 9.92 Å². The lowest BCUT2D eigenvalue weighted by molar-refractivity contribution is -0.139. The highest BCUT2D eigenvalue weighted by molar-refractivity contribution is 7.89. The SMILES string of the molecule is Cc1ccc(Cl)c(S(=O)(=O)N[C@H](CO)C(=O)O)c1. The van der Waals surface area contributed by atoms with Crippen molar-refractivity contribution in [3.05, 3.63) is 28.8 Å². The molecule has 8 heteroatoms. The number of hydrogen-bond acceptors (Lipinski definition) is 4. The largest absolute Gasteiger partial charge is 0.480 e. The van der Waals surface area contributed by atoms with Gasteiger partial charge in [0.1, 0.15) is 10.9 Å². The number of carboxylic acid groups (broad SMARTS) is 1. The van der Waals surface area contributed by atoms with Crippen molar-refractivity contribution in [3.8, 4) is 0 Å². The number of aliphatic carboxylic acids is 1. The van der Waals surface area contributed by atoms with Crippen molar-refractivity contribution in [3.63, 3.8) is 0 Å². The summed E-state index contributed by atoms with van der Waals surface area (Å²) >= 11 is 5.76. The van der Waals surface area contributed by atoms with E-state index in [1.54, 1.807) is 13.0 Å². The minimum atomic E-state index is -4.09. The number of carboxylic acids is 1. The lowest BCUT2D eigenvalue weighted by Crippen LogP contribution is -2.43. The van der Waals surface area contributed by atoms with Crippen molar-refractivity contribution in [2.45, 2.75) is 17.9 Å². The molecule has 1 atom stereocenters. The van der Waals surface area contributed by atoms with Crippen molar-refractivity contribution in [1.29, 1.82) is 0 Å². The van der Waals surface area contributed by atoms with E-state index in [2.05, 4.69) is 0 Å². The third kappa shape index (κ3) is 3.42. The van der Waals surface area contributed by atoms with Gasteiger partial charge in [-0.2, -0.15) is 4.72 Å². The molecule has 3 N–H and O–H groups in total. The Morgan fingerprint density at radius 1 is 1.50 bits per heavy atom. The summed E-state index contributed by atoms with van der Waals surface area (Å²) < 4.78 is 25.7. The minimum absolute atomic E-state index is 0.0184. The van der Waals surface area contributed by atoms with Gasteiger partial charge in [-0.25, -0.2) is 8.42 Å². The zero-order chi connectivity index (χ0) is 13.9. The summed E-state index contributed by atoms with van der Waals surface area (Å²) in [6.45, 7) is 0.827. The summed E-state index contributed by atoms with van der Waals surface area (Å²) in [6.07, 6.45) is 0. The molecule has 0 aromatic heterocycles. The molecule has 0 saturated carbocycles. The number of benzene rings is 1. The third-order valence-electron chi connectivity index (χ3n) is 2.15. The van der Waals surface area contributed by atoms with Crippen molar-refractivity contribution in [2.75, 3.05) is 6.61 Å². The smallest absolute Gasteiger partial charge is 0.324 e. The maximum absolute atomic E-state index is 11.9. The Kier molecular flexibility index (Phi) is 4.69. The Morgan fingerprint density at radius 2 is 2.11 bits per heavy atom. The van der Waals surface area contributed by atoms with Gasteiger partial charge in [-0.1, -0.05) is 17.7 Å². The van der Waals surface area contributed by atoms with Gasteiger partial charge in [0.25, 0.3) is 0 Å². The molecule has 100 valence electrons. The fraction of sp³-hybridized carbons (Fsp3) is 0.300. The molecular formula is C10H12ClNO5S. The lowest BCUT2D eigenvalue weighted by Gasteiger charge is -2.13. The van der Waals surface area contributed by atoms with Crippen LogP contribution in [0.15, 0.2) is 23.1 Å². The highest BCUT2D eigenvalue weighted by Gasteiger charge is 2.26. The zero-order valence-electron chi connectivity index (χ0n) is 9.42. The number of aryl methyl sites for hydroxylation is 1. The highest BCUT2D eigenvalue weighted by atomic mass is 35.5. The summed E-state index contributed by atoms with van der Waals surface area (Å²) in [5, 5.41) is 17.5. The van der Waals surface area contributed by atoms with Crippen LogP contribution in [-0.2, 0) is 14.8 Å². The van der Waals surface area contributed by atoms with Crippen LogP contribution in [0.25, 0.3) is 0 Å². The molecule has 0 bridgehead atoms. The van der Waals surface area contributed by atoms with Crippen LogP contribution in [0.5, 0.6) is 0 Å². The van der Waals surface area contributed by atoms with Crippen molar-refractivity contribution in [2.24, 2.45) is 0 Å². The lowest BCUT2D eigenvalue weighted by atomic mass is 10.2. The Bertz CT molecular complexity index is 557. The second-order valence-electron chi connectivity index (χ2n) is 3.63. The number of nitrogens with one attached hydrogen (secondary N) is 1. The number of aliphatic hydroxyl groups is 1. The van der Waals surface area contributed by atoms with Gasteiger partial charge in [-0.15, -0.1) is 0 Å². The number of carbonyl (C=O) groups is 1. The van der Waals surface area contributed by atoms with E-state index in [1.165, 1.54) is 12.1 Å². The minimum Gasteiger partial charge on any atom is -0.480 e. The molecule has 18 heavy (non-hydrogen) atoms. The van der Waals surface area contributed by atoms with E-state index in [0.29, 0.717) is 5.56 Å². The van der Waals surface area contributed by atoms with Gasteiger partial charge in [0.15, 0.2) is 0 Å². The molecule has 0 unspecified atom stereocenters. The predicted octanol–water partition coefficient (Wildman–Crippen LogP) is 0.372. The molecule has 0 amide bonds. The van der Waals surface area contributed by atoms with E-state index in [1.807, 2.05) is 4.72 Å². The van der Waals surface area contributed by atoms with Crippen LogP contribution in [0, 0.1) is 6.92 Å². The summed E-state index contributed by atoms with van der Waals surface area (Å²) in [5.74, 6) is -1.47. The standard InChI is InChI=1S/C10H12ClNO5S/c1-6-2-3-7(11)9(4-6)18(16,17)12-8(5-13)10(14)15/h2-4,8,12-13H,5H2,1H3,(H,14,15)/t8-/m1/s1. The first kappa shape index (κ1) is 14.9. The molecule has 0 spiro atoms. The van der Waals surface area contributed by atoms with Gasteiger partial charge < -0.3 is 10.2 Å².